The molecule has 0 fully saturated rings. The summed E-state index contributed by atoms with van der Waals surface area (Å²) in [6, 6.07) is 14.0. The lowest BCUT2D eigenvalue weighted by Gasteiger charge is -2.11. The van der Waals surface area contributed by atoms with E-state index < -0.39 is 23.4 Å². The van der Waals surface area contributed by atoms with Crippen LogP contribution in [0, 0.1) is 11.3 Å². The topological polar surface area (TPSA) is 74.9 Å². The fourth-order valence-corrected chi connectivity index (χ4v) is 2.67. The fourth-order valence-electron chi connectivity index (χ4n) is 2.67. The Hall–Kier alpha value is -3.80. The summed E-state index contributed by atoms with van der Waals surface area (Å²) in [4.78, 5) is 12.7. The van der Waals surface area contributed by atoms with Crippen molar-refractivity contribution in [2.75, 3.05) is 18.7 Å². The van der Waals surface area contributed by atoms with E-state index in [1.807, 2.05) is 6.07 Å². The molecule has 148 valence electrons. The number of carbonyl (C=O) groups is 1. The van der Waals surface area contributed by atoms with Crippen LogP contribution < -0.4 is 14.5 Å². The highest BCUT2D eigenvalue weighted by Crippen LogP contribution is 2.34. The fraction of sp³-hybridized carbons (Fsp3) is 0.150. The number of hydrogen-bond donors (Lipinski definition) is 0. The molecule has 1 amide bonds. The number of ether oxygens (including phenoxy) is 2. The zero-order valence-electron chi connectivity index (χ0n) is 15.1. The first kappa shape index (κ1) is 19.9. The number of carbonyl (C=O) groups excluding carboxylic acids is 1. The Labute approximate surface area is 164 Å². The monoisotopic (exact) mass is 401 g/mol. The average Bonchev–Trinajstić information content (AvgIpc) is 3.04. The summed E-state index contributed by atoms with van der Waals surface area (Å²) < 4.78 is 50.8. The number of methoxy groups -OCH3 is 1. The molecule has 0 unspecified atom stereocenters. The minimum absolute atomic E-state index is 0.213. The summed E-state index contributed by atoms with van der Waals surface area (Å²) in [5.74, 6) is -0.428. The van der Waals surface area contributed by atoms with Crippen molar-refractivity contribution in [2.24, 2.45) is 5.10 Å². The van der Waals surface area contributed by atoms with E-state index in [-0.39, 0.29) is 29.4 Å². The normalized spacial score (nSPS) is 15.3. The Bertz CT molecular complexity index is 1020. The van der Waals surface area contributed by atoms with E-state index in [9.17, 15) is 18.0 Å². The molecule has 3 rings (SSSR count). The van der Waals surface area contributed by atoms with Crippen molar-refractivity contribution >= 4 is 23.4 Å². The molecule has 0 radical (unpaired) electrons. The van der Waals surface area contributed by atoms with Gasteiger partial charge in [-0.3, -0.25) is 4.79 Å². The summed E-state index contributed by atoms with van der Waals surface area (Å²) in [6.45, 7) is -0.216. The number of amides is 1. The molecule has 2 aromatic carbocycles. The van der Waals surface area contributed by atoms with E-state index >= 15 is 0 Å². The molecule has 0 spiro atoms. The standard InChI is InChI=1S/C20H14F3N3O3/c1-28-17-12-13(7-8-16(17)29-10-9-24)11-15-18(20(21,22)23)25-26(19(15)27)14-5-3-2-4-6-14/h2-8,11-12H,10H2,1H3/b15-11-. The molecule has 1 heterocycles. The van der Waals surface area contributed by atoms with Gasteiger partial charge in [0, 0.05) is 0 Å². The molecule has 0 aliphatic carbocycles. The first-order chi connectivity index (χ1) is 13.8. The molecule has 1 aliphatic rings. The second-order valence-electron chi connectivity index (χ2n) is 5.81. The molecule has 0 saturated heterocycles. The van der Waals surface area contributed by atoms with Crippen molar-refractivity contribution in [3.05, 3.63) is 59.7 Å². The largest absolute Gasteiger partial charge is 0.493 e. The van der Waals surface area contributed by atoms with E-state index in [4.69, 9.17) is 14.7 Å². The number of nitriles is 1. The zero-order valence-corrected chi connectivity index (χ0v) is 15.1. The number of para-hydroxylation sites is 1. The maximum atomic E-state index is 13.5. The van der Waals surface area contributed by atoms with Crippen molar-refractivity contribution in [3.63, 3.8) is 0 Å². The van der Waals surface area contributed by atoms with Gasteiger partial charge in [0.25, 0.3) is 5.91 Å². The molecular formula is C20H14F3N3O3. The summed E-state index contributed by atoms with van der Waals surface area (Å²) in [6.07, 6.45) is -3.72. The molecule has 2 aromatic rings. The van der Waals surface area contributed by atoms with Crippen LogP contribution in [-0.2, 0) is 4.79 Å². The predicted molar refractivity (Wildman–Crippen MR) is 99.5 cm³/mol. The minimum Gasteiger partial charge on any atom is -0.493 e. The lowest BCUT2D eigenvalue weighted by molar-refractivity contribution is -0.114. The van der Waals surface area contributed by atoms with Crippen molar-refractivity contribution in [1.29, 1.82) is 5.26 Å². The van der Waals surface area contributed by atoms with Gasteiger partial charge in [0.05, 0.1) is 18.4 Å². The second kappa shape index (κ2) is 8.06. The number of halogens is 3. The Balaban J connectivity index is 2.02. The SMILES string of the molecule is COc1cc(/C=C2\C(=O)N(c3ccccc3)N=C2C(F)(F)F)ccc1OCC#N. The average molecular weight is 401 g/mol. The lowest BCUT2D eigenvalue weighted by Crippen LogP contribution is -2.25. The van der Waals surface area contributed by atoms with Gasteiger partial charge in [0.15, 0.2) is 23.8 Å². The number of anilines is 1. The van der Waals surface area contributed by atoms with Gasteiger partial charge in [-0.05, 0) is 35.9 Å². The molecule has 29 heavy (non-hydrogen) atoms. The van der Waals surface area contributed by atoms with Gasteiger partial charge < -0.3 is 9.47 Å². The zero-order chi connectivity index (χ0) is 21.0. The molecule has 6 nitrogen and oxygen atoms in total. The molecule has 0 atom stereocenters. The van der Waals surface area contributed by atoms with Gasteiger partial charge in [-0.25, -0.2) is 0 Å². The van der Waals surface area contributed by atoms with Crippen LogP contribution in [0.4, 0.5) is 18.9 Å². The Kier molecular flexibility index (Phi) is 5.54. The van der Waals surface area contributed by atoms with Crippen LogP contribution in [0.2, 0.25) is 0 Å². The third-order valence-corrected chi connectivity index (χ3v) is 3.94. The van der Waals surface area contributed by atoms with Crippen molar-refractivity contribution in [3.8, 4) is 17.6 Å². The maximum absolute atomic E-state index is 13.5. The summed E-state index contributed by atoms with van der Waals surface area (Å²) >= 11 is 0. The highest BCUT2D eigenvalue weighted by molar-refractivity contribution is 6.34. The van der Waals surface area contributed by atoms with Crippen LogP contribution >= 0.6 is 0 Å². The quantitative estimate of drug-likeness (QED) is 0.711. The smallest absolute Gasteiger partial charge is 0.435 e. The number of hydrazone groups is 1. The van der Waals surface area contributed by atoms with Gasteiger partial charge in [-0.1, -0.05) is 24.3 Å². The molecule has 0 bridgehead atoms. The summed E-state index contributed by atoms with van der Waals surface area (Å²) in [7, 11) is 1.35. The first-order valence-electron chi connectivity index (χ1n) is 8.30. The van der Waals surface area contributed by atoms with Gasteiger partial charge in [-0.15, -0.1) is 0 Å². The molecule has 0 saturated carbocycles. The van der Waals surface area contributed by atoms with Gasteiger partial charge in [0.2, 0.25) is 0 Å². The number of hydrogen-bond acceptors (Lipinski definition) is 5. The molecular weight excluding hydrogens is 387 g/mol. The highest BCUT2D eigenvalue weighted by Gasteiger charge is 2.46. The Morgan fingerprint density at radius 2 is 1.90 bits per heavy atom. The van der Waals surface area contributed by atoms with Crippen LogP contribution in [0.5, 0.6) is 11.5 Å². The molecule has 1 aliphatic heterocycles. The van der Waals surface area contributed by atoms with Crippen LogP contribution in [0.15, 0.2) is 59.2 Å². The lowest BCUT2D eigenvalue weighted by atomic mass is 10.1. The number of benzene rings is 2. The number of nitrogens with zero attached hydrogens (tertiary/aromatic N) is 3. The van der Waals surface area contributed by atoms with E-state index in [0.717, 1.165) is 11.1 Å². The van der Waals surface area contributed by atoms with Crippen molar-refractivity contribution in [2.45, 2.75) is 6.18 Å². The second-order valence-corrected chi connectivity index (χ2v) is 5.81. The van der Waals surface area contributed by atoms with E-state index in [2.05, 4.69) is 5.10 Å². The summed E-state index contributed by atoms with van der Waals surface area (Å²) in [5, 5.41) is 12.8. The van der Waals surface area contributed by atoms with Crippen LogP contribution in [-0.4, -0.2) is 31.5 Å². The first-order valence-corrected chi connectivity index (χ1v) is 8.30. The van der Waals surface area contributed by atoms with E-state index in [0.29, 0.717) is 0 Å². The third-order valence-electron chi connectivity index (χ3n) is 3.94. The van der Waals surface area contributed by atoms with Gasteiger partial charge in [-0.2, -0.15) is 28.5 Å². The van der Waals surface area contributed by atoms with Gasteiger partial charge >= 0.3 is 6.18 Å². The Morgan fingerprint density at radius 1 is 1.17 bits per heavy atom. The number of alkyl halides is 3. The highest BCUT2D eigenvalue weighted by atomic mass is 19.4. The van der Waals surface area contributed by atoms with Crippen LogP contribution in [0.3, 0.4) is 0 Å². The van der Waals surface area contributed by atoms with Crippen LogP contribution in [0.25, 0.3) is 6.08 Å². The minimum atomic E-state index is -4.81. The molecule has 0 aromatic heterocycles. The Morgan fingerprint density at radius 3 is 2.52 bits per heavy atom. The molecule has 9 heteroatoms. The third kappa shape index (κ3) is 4.21. The van der Waals surface area contributed by atoms with E-state index in [1.54, 1.807) is 18.2 Å². The maximum Gasteiger partial charge on any atom is 0.435 e. The van der Waals surface area contributed by atoms with Gasteiger partial charge in [0.1, 0.15) is 6.07 Å². The van der Waals surface area contributed by atoms with Crippen molar-refractivity contribution < 1.29 is 27.4 Å². The molecule has 0 N–H and O–H groups in total. The summed E-state index contributed by atoms with van der Waals surface area (Å²) in [5.41, 5.74) is -1.37. The van der Waals surface area contributed by atoms with Crippen LogP contribution in [0.1, 0.15) is 5.56 Å². The van der Waals surface area contributed by atoms with E-state index in [1.165, 1.54) is 37.4 Å². The number of rotatable bonds is 5. The van der Waals surface area contributed by atoms with Crippen molar-refractivity contribution in [1.82, 2.24) is 0 Å². The predicted octanol–water partition coefficient (Wildman–Crippen LogP) is 3.95.